The summed E-state index contributed by atoms with van der Waals surface area (Å²) in [6, 6.07) is 0. The van der Waals surface area contributed by atoms with E-state index in [4.69, 9.17) is 37.9 Å². The van der Waals surface area contributed by atoms with Crippen molar-refractivity contribution in [1.82, 2.24) is 10.2 Å². The Morgan fingerprint density at radius 3 is 0.935 bits per heavy atom. The molecule has 0 saturated heterocycles. The van der Waals surface area contributed by atoms with E-state index in [-0.39, 0.29) is 0 Å². The lowest BCUT2D eigenvalue weighted by Gasteiger charge is -2.10. The predicted octanol–water partition coefficient (Wildman–Crippen LogP) is -0.0998. The largest absolute Gasteiger partial charge is 0.378 e. The second-order valence-electron chi connectivity index (χ2n) is 6.81. The van der Waals surface area contributed by atoms with Crippen LogP contribution in [-0.2, 0) is 37.9 Å². The molecule has 0 bridgehead atoms. The molecule has 0 aromatic rings. The molecule has 0 spiro atoms. The minimum Gasteiger partial charge on any atom is -0.378 e. The fraction of sp³-hybridized carbons (Fsp3) is 1.00. The van der Waals surface area contributed by atoms with E-state index >= 15 is 0 Å². The van der Waals surface area contributed by atoms with Gasteiger partial charge in [-0.3, -0.25) is 0 Å². The summed E-state index contributed by atoms with van der Waals surface area (Å²) >= 11 is 0. The first-order valence-corrected chi connectivity index (χ1v) is 11.2. The second-order valence-corrected chi connectivity index (χ2v) is 6.81. The van der Waals surface area contributed by atoms with Gasteiger partial charge in [0, 0.05) is 13.1 Å². The van der Waals surface area contributed by atoms with Gasteiger partial charge in [0.15, 0.2) is 0 Å². The van der Waals surface area contributed by atoms with Crippen LogP contribution in [-0.4, -0.2) is 145 Å². The topological polar surface area (TPSA) is 89.1 Å². The molecule has 0 fully saturated rings. The Labute approximate surface area is 188 Å². The van der Waals surface area contributed by atoms with Crippen molar-refractivity contribution in [3.8, 4) is 0 Å². The molecule has 0 radical (unpaired) electrons. The summed E-state index contributed by atoms with van der Waals surface area (Å²) in [4.78, 5) is 2.09. The third-order valence-corrected chi connectivity index (χ3v) is 3.78. The van der Waals surface area contributed by atoms with E-state index in [1.54, 1.807) is 0 Å². The quantitative estimate of drug-likeness (QED) is 0.170. The van der Waals surface area contributed by atoms with Crippen LogP contribution in [0.5, 0.6) is 0 Å². The second kappa shape index (κ2) is 27.6. The Hall–Kier alpha value is -0.400. The van der Waals surface area contributed by atoms with Crippen molar-refractivity contribution in [2.75, 3.05) is 140 Å². The summed E-state index contributed by atoms with van der Waals surface area (Å²) in [6.45, 7) is 11.1. The van der Waals surface area contributed by atoms with Crippen molar-refractivity contribution in [3.05, 3.63) is 0 Å². The van der Waals surface area contributed by atoms with Crippen LogP contribution in [0.4, 0.5) is 0 Å². The summed E-state index contributed by atoms with van der Waals surface area (Å²) in [7, 11) is 5.94. The van der Waals surface area contributed by atoms with E-state index in [0.29, 0.717) is 99.1 Å². The van der Waals surface area contributed by atoms with Gasteiger partial charge in [-0.05, 0) is 21.1 Å². The summed E-state index contributed by atoms with van der Waals surface area (Å²) in [5.74, 6) is 0. The number of ether oxygens (including phenoxy) is 8. The van der Waals surface area contributed by atoms with Crippen LogP contribution < -0.4 is 5.32 Å². The van der Waals surface area contributed by atoms with Gasteiger partial charge in [-0.25, -0.2) is 0 Å². The fourth-order valence-electron chi connectivity index (χ4n) is 2.06. The number of hydrogen-bond acceptors (Lipinski definition) is 10. The lowest BCUT2D eigenvalue weighted by atomic mass is 10.6. The number of rotatable bonds is 27. The third kappa shape index (κ3) is 29.6. The van der Waals surface area contributed by atoms with Crippen LogP contribution >= 0.6 is 0 Å². The van der Waals surface area contributed by atoms with Crippen molar-refractivity contribution < 1.29 is 37.9 Å². The summed E-state index contributed by atoms with van der Waals surface area (Å²) in [6.07, 6.45) is 0. The van der Waals surface area contributed by atoms with Crippen LogP contribution in [0.2, 0.25) is 0 Å². The molecule has 10 nitrogen and oxygen atoms in total. The number of likely N-dealkylation sites (N-methyl/N-ethyl adjacent to an activating group) is 2. The average molecular weight is 455 g/mol. The predicted molar refractivity (Wildman–Crippen MR) is 119 cm³/mol. The van der Waals surface area contributed by atoms with E-state index in [1.165, 1.54) is 0 Å². The molecule has 0 aliphatic carbocycles. The molecule has 0 saturated carbocycles. The number of nitrogens with one attached hydrogen (secondary N) is 1. The van der Waals surface area contributed by atoms with Gasteiger partial charge in [-0.1, -0.05) is 0 Å². The maximum absolute atomic E-state index is 5.44. The van der Waals surface area contributed by atoms with E-state index in [2.05, 4.69) is 10.2 Å². The van der Waals surface area contributed by atoms with Gasteiger partial charge < -0.3 is 48.1 Å². The fourth-order valence-corrected chi connectivity index (χ4v) is 2.06. The molecular formula is C21H46N2O8. The van der Waals surface area contributed by atoms with Gasteiger partial charge >= 0.3 is 0 Å². The lowest BCUT2D eigenvalue weighted by molar-refractivity contribution is -0.0232. The Morgan fingerprint density at radius 1 is 0.419 bits per heavy atom. The summed E-state index contributed by atoms with van der Waals surface area (Å²) in [5, 5.41) is 3.02. The average Bonchev–Trinajstić information content (AvgIpc) is 2.76. The third-order valence-electron chi connectivity index (χ3n) is 3.78. The van der Waals surface area contributed by atoms with Crippen molar-refractivity contribution in [2.45, 2.75) is 0 Å². The molecule has 0 aliphatic rings. The number of hydrogen-bond donors (Lipinski definition) is 1. The summed E-state index contributed by atoms with van der Waals surface area (Å²) in [5.41, 5.74) is 0. The zero-order valence-corrected chi connectivity index (χ0v) is 19.9. The zero-order valence-electron chi connectivity index (χ0n) is 19.9. The molecule has 0 atom stereocenters. The SMILES string of the molecule is CNCCOCCOCCOCCOCCOCCOCCOCCOCCN(C)C. The van der Waals surface area contributed by atoms with Gasteiger partial charge in [0.2, 0.25) is 0 Å². The van der Waals surface area contributed by atoms with Crippen molar-refractivity contribution in [3.63, 3.8) is 0 Å². The van der Waals surface area contributed by atoms with E-state index < -0.39 is 0 Å². The maximum Gasteiger partial charge on any atom is 0.0701 e. The van der Waals surface area contributed by atoms with Crippen molar-refractivity contribution >= 4 is 0 Å². The Kier molecular flexibility index (Phi) is 27.3. The lowest BCUT2D eigenvalue weighted by Crippen LogP contribution is -2.19. The van der Waals surface area contributed by atoms with Gasteiger partial charge in [0.05, 0.1) is 106 Å². The molecule has 188 valence electrons. The van der Waals surface area contributed by atoms with Crippen LogP contribution in [0.3, 0.4) is 0 Å². The first-order chi connectivity index (χ1) is 15.3. The zero-order chi connectivity index (χ0) is 22.7. The Morgan fingerprint density at radius 2 is 0.677 bits per heavy atom. The molecule has 10 heteroatoms. The molecular weight excluding hydrogens is 408 g/mol. The highest BCUT2D eigenvalue weighted by Gasteiger charge is 1.95. The van der Waals surface area contributed by atoms with Gasteiger partial charge in [-0.15, -0.1) is 0 Å². The van der Waals surface area contributed by atoms with Crippen LogP contribution in [0.1, 0.15) is 0 Å². The van der Waals surface area contributed by atoms with E-state index in [9.17, 15) is 0 Å². The highest BCUT2D eigenvalue weighted by atomic mass is 16.6. The minimum absolute atomic E-state index is 0.542. The molecule has 0 aliphatic heterocycles. The molecule has 0 aromatic carbocycles. The smallest absolute Gasteiger partial charge is 0.0701 e. The monoisotopic (exact) mass is 454 g/mol. The van der Waals surface area contributed by atoms with Gasteiger partial charge in [0.25, 0.3) is 0 Å². The highest BCUT2D eigenvalue weighted by molar-refractivity contribution is 4.41. The van der Waals surface area contributed by atoms with Gasteiger partial charge in [-0.2, -0.15) is 0 Å². The molecule has 0 amide bonds. The molecule has 0 aromatic heterocycles. The van der Waals surface area contributed by atoms with Crippen LogP contribution in [0, 0.1) is 0 Å². The van der Waals surface area contributed by atoms with E-state index in [0.717, 1.165) is 19.7 Å². The minimum atomic E-state index is 0.542. The molecule has 0 unspecified atom stereocenters. The van der Waals surface area contributed by atoms with Crippen LogP contribution in [0.15, 0.2) is 0 Å². The highest BCUT2D eigenvalue weighted by Crippen LogP contribution is 1.86. The number of nitrogens with zero attached hydrogens (tertiary/aromatic N) is 1. The molecule has 31 heavy (non-hydrogen) atoms. The molecule has 1 N–H and O–H groups in total. The van der Waals surface area contributed by atoms with E-state index in [1.807, 2.05) is 21.1 Å². The first-order valence-electron chi connectivity index (χ1n) is 11.2. The standard InChI is InChI=1S/C21H46N2O8/c1-22-4-6-24-8-10-26-12-14-28-16-18-30-20-21-31-19-17-29-15-13-27-11-9-25-7-5-23(2)3/h22H,4-21H2,1-3H3. The van der Waals surface area contributed by atoms with Crippen molar-refractivity contribution in [2.24, 2.45) is 0 Å². The van der Waals surface area contributed by atoms with Crippen molar-refractivity contribution in [1.29, 1.82) is 0 Å². The first kappa shape index (κ1) is 30.6. The molecule has 0 rings (SSSR count). The maximum atomic E-state index is 5.44. The Balaban J connectivity index is 2.99. The molecule has 0 heterocycles. The summed E-state index contributed by atoms with van der Waals surface area (Å²) < 4.78 is 43.3. The Bertz CT molecular complexity index is 328. The van der Waals surface area contributed by atoms with Crippen LogP contribution in [0.25, 0.3) is 0 Å². The van der Waals surface area contributed by atoms with Gasteiger partial charge in [0.1, 0.15) is 0 Å². The normalized spacial score (nSPS) is 11.6.